The molecule has 4 heteroatoms. The molecule has 2 nitrogen and oxygen atoms in total. The molecule has 80 valence electrons. The van der Waals surface area contributed by atoms with Crippen molar-refractivity contribution in [1.29, 1.82) is 5.26 Å². The van der Waals surface area contributed by atoms with Gasteiger partial charge in [-0.2, -0.15) is 5.26 Å². The fourth-order valence-corrected chi connectivity index (χ4v) is 1.88. The van der Waals surface area contributed by atoms with Gasteiger partial charge in [-0.3, -0.25) is 0 Å². The van der Waals surface area contributed by atoms with Crippen molar-refractivity contribution in [1.82, 2.24) is 0 Å². The summed E-state index contributed by atoms with van der Waals surface area (Å²) < 4.78 is 5.06. The summed E-state index contributed by atoms with van der Waals surface area (Å²) in [7, 11) is 1.62. The van der Waals surface area contributed by atoms with E-state index < -0.39 is 0 Å². The van der Waals surface area contributed by atoms with E-state index >= 15 is 0 Å². The summed E-state index contributed by atoms with van der Waals surface area (Å²) in [4.78, 5) is 0. The number of benzene rings is 1. The lowest BCUT2D eigenvalue weighted by atomic mass is 10.1. The van der Waals surface area contributed by atoms with Gasteiger partial charge in [0.05, 0.1) is 7.11 Å². The lowest BCUT2D eigenvalue weighted by Gasteiger charge is -2.05. The number of ether oxygens (including phenoxy) is 1. The van der Waals surface area contributed by atoms with E-state index in [9.17, 15) is 0 Å². The zero-order valence-corrected chi connectivity index (χ0v) is 10.1. The van der Waals surface area contributed by atoms with Crippen LogP contribution in [0.2, 0.25) is 5.02 Å². The van der Waals surface area contributed by atoms with Crippen LogP contribution in [0.5, 0.6) is 5.75 Å². The molecular formula is C11H12ClNOS. The highest BCUT2D eigenvalue weighted by Crippen LogP contribution is 2.23. The van der Waals surface area contributed by atoms with Gasteiger partial charge in [0.2, 0.25) is 0 Å². The SMILES string of the molecule is COc1ccc(CCCSC#N)c(Cl)c1. The lowest BCUT2D eigenvalue weighted by Crippen LogP contribution is -1.90. The molecule has 0 saturated carbocycles. The van der Waals surface area contributed by atoms with Crippen molar-refractivity contribution >= 4 is 23.4 Å². The number of thiocyanates is 1. The van der Waals surface area contributed by atoms with Crippen molar-refractivity contribution in [2.24, 2.45) is 0 Å². The average molecular weight is 242 g/mol. The number of methoxy groups -OCH3 is 1. The van der Waals surface area contributed by atoms with E-state index in [4.69, 9.17) is 21.6 Å². The van der Waals surface area contributed by atoms with E-state index in [1.165, 1.54) is 11.8 Å². The van der Waals surface area contributed by atoms with Crippen LogP contribution in [-0.2, 0) is 6.42 Å². The minimum absolute atomic E-state index is 0.733. The number of halogens is 1. The van der Waals surface area contributed by atoms with Crippen LogP contribution in [0, 0.1) is 10.7 Å². The maximum absolute atomic E-state index is 8.36. The first-order valence-corrected chi connectivity index (χ1v) is 5.97. The van der Waals surface area contributed by atoms with E-state index in [-0.39, 0.29) is 0 Å². The molecule has 0 bridgehead atoms. The highest BCUT2D eigenvalue weighted by Gasteiger charge is 2.01. The third-order valence-corrected chi connectivity index (χ3v) is 2.99. The molecule has 0 aliphatic carbocycles. The first-order valence-electron chi connectivity index (χ1n) is 4.61. The fourth-order valence-electron chi connectivity index (χ4n) is 1.24. The van der Waals surface area contributed by atoms with E-state index in [1.807, 2.05) is 18.2 Å². The third kappa shape index (κ3) is 4.03. The Morgan fingerprint density at radius 3 is 2.93 bits per heavy atom. The zero-order chi connectivity index (χ0) is 11.1. The highest BCUT2D eigenvalue weighted by atomic mass is 35.5. The summed E-state index contributed by atoms with van der Waals surface area (Å²) in [6.45, 7) is 0. The number of nitriles is 1. The lowest BCUT2D eigenvalue weighted by molar-refractivity contribution is 0.414. The number of hydrogen-bond acceptors (Lipinski definition) is 3. The maximum atomic E-state index is 8.36. The van der Waals surface area contributed by atoms with E-state index in [2.05, 4.69) is 5.40 Å². The monoisotopic (exact) mass is 241 g/mol. The van der Waals surface area contributed by atoms with Crippen LogP contribution < -0.4 is 4.74 Å². The molecule has 1 aromatic carbocycles. The molecule has 0 atom stereocenters. The summed E-state index contributed by atoms with van der Waals surface area (Å²) in [5, 5.41) is 11.1. The fraction of sp³-hybridized carbons (Fsp3) is 0.364. The molecule has 0 aliphatic heterocycles. The molecule has 0 N–H and O–H groups in total. The van der Waals surface area contributed by atoms with Crippen LogP contribution >= 0.6 is 23.4 Å². The quantitative estimate of drug-likeness (QED) is 0.584. The Kier molecular flexibility index (Phi) is 5.38. The van der Waals surface area contributed by atoms with Gasteiger partial charge in [-0.15, -0.1) is 0 Å². The van der Waals surface area contributed by atoms with Crippen molar-refractivity contribution in [3.05, 3.63) is 28.8 Å². The van der Waals surface area contributed by atoms with Gasteiger partial charge in [0, 0.05) is 10.8 Å². The van der Waals surface area contributed by atoms with E-state index in [0.29, 0.717) is 0 Å². The Morgan fingerprint density at radius 1 is 1.53 bits per heavy atom. The molecular weight excluding hydrogens is 230 g/mol. The van der Waals surface area contributed by atoms with Crippen molar-refractivity contribution in [2.75, 3.05) is 12.9 Å². The van der Waals surface area contributed by atoms with Gasteiger partial charge in [0.1, 0.15) is 11.2 Å². The molecule has 0 spiro atoms. The Balaban J connectivity index is 2.51. The topological polar surface area (TPSA) is 33.0 Å². The van der Waals surface area contributed by atoms with Crippen molar-refractivity contribution < 1.29 is 4.74 Å². The molecule has 0 unspecified atom stereocenters. The molecule has 0 saturated heterocycles. The summed E-state index contributed by atoms with van der Waals surface area (Å²) in [6, 6.07) is 5.69. The number of nitrogens with zero attached hydrogens (tertiary/aromatic N) is 1. The summed E-state index contributed by atoms with van der Waals surface area (Å²) in [5.74, 6) is 1.62. The second-order valence-electron chi connectivity index (χ2n) is 3.00. The summed E-state index contributed by atoms with van der Waals surface area (Å²) in [5.41, 5.74) is 1.11. The van der Waals surface area contributed by atoms with Crippen molar-refractivity contribution in [2.45, 2.75) is 12.8 Å². The van der Waals surface area contributed by atoms with Crippen LogP contribution in [-0.4, -0.2) is 12.9 Å². The van der Waals surface area contributed by atoms with Crippen LogP contribution in [0.25, 0.3) is 0 Å². The minimum atomic E-state index is 0.733. The third-order valence-electron chi connectivity index (χ3n) is 2.02. The van der Waals surface area contributed by atoms with Crippen LogP contribution in [0.3, 0.4) is 0 Å². The Hall–Kier alpha value is -0.850. The van der Waals surface area contributed by atoms with Gasteiger partial charge in [-0.25, -0.2) is 0 Å². The first-order chi connectivity index (χ1) is 7.27. The van der Waals surface area contributed by atoms with Gasteiger partial charge in [-0.05, 0) is 42.3 Å². The Bertz CT molecular complexity index is 362. The normalized spacial score (nSPS) is 9.67. The molecule has 1 aromatic rings. The predicted molar refractivity (Wildman–Crippen MR) is 64.4 cm³/mol. The Morgan fingerprint density at radius 2 is 2.33 bits per heavy atom. The second kappa shape index (κ2) is 6.60. The summed E-state index contributed by atoms with van der Waals surface area (Å²) in [6.07, 6.45) is 1.86. The Labute approximate surface area is 99.2 Å². The number of aryl methyl sites for hydroxylation is 1. The van der Waals surface area contributed by atoms with Crippen LogP contribution in [0.1, 0.15) is 12.0 Å². The van der Waals surface area contributed by atoms with Crippen LogP contribution in [0.4, 0.5) is 0 Å². The average Bonchev–Trinajstić information content (AvgIpc) is 2.26. The zero-order valence-electron chi connectivity index (χ0n) is 8.50. The first kappa shape index (κ1) is 12.2. The smallest absolute Gasteiger partial charge is 0.133 e. The van der Waals surface area contributed by atoms with Gasteiger partial charge in [0.15, 0.2) is 0 Å². The molecule has 0 heterocycles. The van der Waals surface area contributed by atoms with Gasteiger partial charge in [0.25, 0.3) is 0 Å². The molecule has 0 aliphatic rings. The molecule has 1 rings (SSSR count). The van der Waals surface area contributed by atoms with Crippen LogP contribution in [0.15, 0.2) is 18.2 Å². The van der Waals surface area contributed by atoms with E-state index in [0.717, 1.165) is 34.9 Å². The second-order valence-corrected chi connectivity index (χ2v) is 4.29. The van der Waals surface area contributed by atoms with Crippen molar-refractivity contribution in [3.8, 4) is 11.2 Å². The molecule has 0 amide bonds. The number of thioether (sulfide) groups is 1. The number of rotatable bonds is 5. The standard InChI is InChI=1S/C11H12ClNOS/c1-14-10-5-4-9(11(12)7-10)3-2-6-15-8-13/h4-5,7H,2-3,6H2,1H3. The van der Waals surface area contributed by atoms with E-state index in [1.54, 1.807) is 7.11 Å². The largest absolute Gasteiger partial charge is 0.497 e. The molecule has 15 heavy (non-hydrogen) atoms. The summed E-state index contributed by atoms with van der Waals surface area (Å²) >= 11 is 7.35. The highest BCUT2D eigenvalue weighted by molar-refractivity contribution is 8.03. The van der Waals surface area contributed by atoms with Gasteiger partial charge >= 0.3 is 0 Å². The van der Waals surface area contributed by atoms with Gasteiger partial charge in [-0.1, -0.05) is 17.7 Å². The molecule has 0 fully saturated rings. The predicted octanol–water partition coefficient (Wildman–Crippen LogP) is 3.50. The van der Waals surface area contributed by atoms with Gasteiger partial charge < -0.3 is 4.74 Å². The van der Waals surface area contributed by atoms with Crippen molar-refractivity contribution in [3.63, 3.8) is 0 Å². The number of hydrogen-bond donors (Lipinski definition) is 0. The maximum Gasteiger partial charge on any atom is 0.133 e. The molecule has 0 radical (unpaired) electrons. The minimum Gasteiger partial charge on any atom is -0.497 e. The molecule has 0 aromatic heterocycles.